The summed E-state index contributed by atoms with van der Waals surface area (Å²) in [5.74, 6) is -1.28. The molecule has 0 bridgehead atoms. The van der Waals surface area contributed by atoms with Crippen molar-refractivity contribution in [2.45, 2.75) is 11.3 Å². The van der Waals surface area contributed by atoms with Crippen LogP contribution in [-0.4, -0.2) is 18.3 Å². The molecular weight excluding hydrogens is 274 g/mol. The number of hydrogen-bond donors (Lipinski definition) is 1. The molecule has 0 saturated heterocycles. The molecule has 0 radical (unpaired) electrons. The molecule has 0 aromatic carbocycles. The Bertz CT molecular complexity index is 652. The number of nitriles is 1. The monoisotopic (exact) mass is 278 g/mol. The Morgan fingerprint density at radius 2 is 2.11 bits per heavy atom. The second-order valence-electron chi connectivity index (χ2n) is 2.96. The van der Waals surface area contributed by atoms with Gasteiger partial charge < -0.3 is 10.1 Å². The molecule has 0 fully saturated rings. The zero-order chi connectivity index (χ0) is 14.1. The van der Waals surface area contributed by atoms with Gasteiger partial charge in [0.2, 0.25) is 10.0 Å². The van der Waals surface area contributed by atoms with Crippen LogP contribution in [-0.2, 0) is 10.0 Å². The maximum absolute atomic E-state index is 12.5. The first-order valence-corrected chi connectivity index (χ1v) is 5.63. The molecule has 1 aromatic rings. The Labute approximate surface area is 98.9 Å². The summed E-state index contributed by atoms with van der Waals surface area (Å²) in [6.07, 6.45) is -3.33. The molecule has 1 heterocycles. The normalized spacial score (nSPS) is 11.3. The van der Waals surface area contributed by atoms with E-state index in [1.54, 1.807) is 0 Å². The summed E-state index contributed by atoms with van der Waals surface area (Å²) in [5.41, 5.74) is -2.13. The van der Waals surface area contributed by atoms with E-state index in [1.165, 1.54) is 6.07 Å². The van der Waals surface area contributed by atoms with Crippen LogP contribution in [0.5, 0.6) is 0 Å². The molecule has 0 aliphatic rings. The Kier molecular flexibility index (Phi) is 3.54. The average molecular weight is 278 g/mol. The number of rotatable bonds is 3. The minimum atomic E-state index is -4.48. The van der Waals surface area contributed by atoms with Gasteiger partial charge in [0.1, 0.15) is 16.5 Å². The summed E-state index contributed by atoms with van der Waals surface area (Å²) in [4.78, 5) is 11.2. The van der Waals surface area contributed by atoms with Gasteiger partial charge in [0.05, 0.1) is 0 Å². The molecule has 1 rings (SSSR count). The van der Waals surface area contributed by atoms with Crippen LogP contribution >= 0.6 is 0 Å². The van der Waals surface area contributed by atoms with E-state index in [2.05, 4.69) is 4.98 Å². The summed E-state index contributed by atoms with van der Waals surface area (Å²) in [5, 5.41) is 23.7. The first-order valence-electron chi connectivity index (χ1n) is 4.09. The molecule has 0 saturated carbocycles. The number of hydrogen-bond acceptors (Lipinski definition) is 6. The smallest absolute Gasteiger partial charge is 0.358 e. The van der Waals surface area contributed by atoms with E-state index in [0.29, 0.717) is 0 Å². The zero-order valence-corrected chi connectivity index (χ0v) is 9.19. The first-order chi connectivity index (χ1) is 8.18. The van der Waals surface area contributed by atoms with E-state index in [0.717, 1.165) is 0 Å². The molecule has 0 atom stereocenters. The second-order valence-corrected chi connectivity index (χ2v) is 4.49. The lowest BCUT2D eigenvalue weighted by Crippen LogP contribution is -2.16. The molecule has 0 aliphatic carbocycles. The minimum Gasteiger partial charge on any atom is -0.358 e. The van der Waals surface area contributed by atoms with E-state index in [1.807, 2.05) is 0 Å². The highest BCUT2D eigenvalue weighted by molar-refractivity contribution is 7.89. The first kappa shape index (κ1) is 13.9. The molecular formula is C7H4F2N4O4S. The number of aromatic nitrogens is 1. The highest BCUT2D eigenvalue weighted by Crippen LogP contribution is 2.30. The van der Waals surface area contributed by atoms with Crippen LogP contribution in [0.2, 0.25) is 0 Å². The third kappa shape index (κ3) is 2.55. The fourth-order valence-corrected chi connectivity index (χ4v) is 1.76. The molecule has 2 N–H and O–H groups in total. The van der Waals surface area contributed by atoms with Gasteiger partial charge in [-0.05, 0) is 16.0 Å². The summed E-state index contributed by atoms with van der Waals surface area (Å²) in [6.45, 7) is 0. The number of nitro groups is 1. The number of alkyl halides is 2. The lowest BCUT2D eigenvalue weighted by atomic mass is 10.2. The lowest BCUT2D eigenvalue weighted by molar-refractivity contribution is -0.391. The zero-order valence-electron chi connectivity index (χ0n) is 8.37. The Morgan fingerprint density at radius 1 is 1.56 bits per heavy atom. The maximum Gasteiger partial charge on any atom is 0.373 e. The van der Waals surface area contributed by atoms with Gasteiger partial charge in [-0.1, -0.05) is 0 Å². The predicted octanol–water partition coefficient (Wildman–Crippen LogP) is 0.446. The summed E-state index contributed by atoms with van der Waals surface area (Å²) in [6, 6.07) is 1.53. The summed E-state index contributed by atoms with van der Waals surface area (Å²) < 4.78 is 47.1. The number of nitrogens with two attached hydrogens (primary N) is 1. The Morgan fingerprint density at radius 3 is 2.44 bits per heavy atom. The van der Waals surface area contributed by atoms with Crippen molar-refractivity contribution in [2.75, 3.05) is 0 Å². The molecule has 0 amide bonds. The van der Waals surface area contributed by atoms with Crippen molar-refractivity contribution in [3.63, 3.8) is 0 Å². The van der Waals surface area contributed by atoms with Crippen molar-refractivity contribution in [1.82, 2.24) is 4.98 Å². The van der Waals surface area contributed by atoms with E-state index in [-0.39, 0.29) is 6.07 Å². The van der Waals surface area contributed by atoms with Crippen molar-refractivity contribution in [2.24, 2.45) is 5.14 Å². The van der Waals surface area contributed by atoms with Gasteiger partial charge >= 0.3 is 5.82 Å². The molecule has 0 spiro atoms. The average Bonchev–Trinajstić information content (AvgIpc) is 2.25. The number of primary sulfonamides is 1. The van der Waals surface area contributed by atoms with E-state index < -0.39 is 43.3 Å². The van der Waals surface area contributed by atoms with E-state index in [4.69, 9.17) is 10.4 Å². The fraction of sp³-hybridized carbons (Fsp3) is 0.143. The van der Waals surface area contributed by atoms with Crippen molar-refractivity contribution < 1.29 is 22.1 Å². The standard InChI is InChI=1S/C7H4F2N4O4S/c8-6(9)3-1-5(18(11,16)17)4(2-10)12-7(3)13(14)15/h1,6H,(H2,11,16,17). The van der Waals surface area contributed by atoms with Crippen LogP contribution in [0.1, 0.15) is 17.7 Å². The third-order valence-corrected chi connectivity index (χ3v) is 2.74. The van der Waals surface area contributed by atoms with E-state index >= 15 is 0 Å². The van der Waals surface area contributed by atoms with Crippen molar-refractivity contribution >= 4 is 15.8 Å². The van der Waals surface area contributed by atoms with Crippen molar-refractivity contribution in [3.8, 4) is 6.07 Å². The van der Waals surface area contributed by atoms with E-state index in [9.17, 15) is 27.3 Å². The van der Waals surface area contributed by atoms with Gasteiger partial charge in [0, 0.05) is 0 Å². The summed E-state index contributed by atoms with van der Waals surface area (Å²) >= 11 is 0. The topological polar surface area (TPSA) is 140 Å². The number of halogens is 2. The fourth-order valence-electron chi connectivity index (χ4n) is 1.10. The van der Waals surface area contributed by atoms with Crippen LogP contribution in [0.15, 0.2) is 11.0 Å². The van der Waals surface area contributed by atoms with Gasteiger partial charge in [-0.2, -0.15) is 5.26 Å². The van der Waals surface area contributed by atoms with Gasteiger partial charge in [-0.15, -0.1) is 0 Å². The highest BCUT2D eigenvalue weighted by Gasteiger charge is 2.30. The quantitative estimate of drug-likeness (QED) is 0.628. The number of nitrogens with zero attached hydrogens (tertiary/aromatic N) is 3. The Hall–Kier alpha value is -2.19. The van der Waals surface area contributed by atoms with Crippen LogP contribution < -0.4 is 5.14 Å². The van der Waals surface area contributed by atoms with Gasteiger partial charge in [-0.3, -0.25) is 0 Å². The van der Waals surface area contributed by atoms with Crippen molar-refractivity contribution in [3.05, 3.63) is 27.4 Å². The highest BCUT2D eigenvalue weighted by atomic mass is 32.2. The van der Waals surface area contributed by atoms with Crippen LogP contribution in [0, 0.1) is 21.4 Å². The molecule has 0 aliphatic heterocycles. The lowest BCUT2D eigenvalue weighted by Gasteiger charge is -2.04. The van der Waals surface area contributed by atoms with Gasteiger partial charge in [0.25, 0.3) is 12.1 Å². The van der Waals surface area contributed by atoms with Crippen molar-refractivity contribution in [1.29, 1.82) is 5.26 Å². The molecule has 18 heavy (non-hydrogen) atoms. The Balaban J connectivity index is 3.75. The minimum absolute atomic E-state index is 0.281. The molecule has 8 nitrogen and oxygen atoms in total. The van der Waals surface area contributed by atoms with Crippen LogP contribution in [0.25, 0.3) is 0 Å². The van der Waals surface area contributed by atoms with Crippen LogP contribution in [0.4, 0.5) is 14.6 Å². The second kappa shape index (κ2) is 4.59. The molecule has 96 valence electrons. The van der Waals surface area contributed by atoms with Gasteiger partial charge in [0.15, 0.2) is 0 Å². The molecule has 0 unspecified atom stereocenters. The third-order valence-electron chi connectivity index (χ3n) is 1.82. The largest absolute Gasteiger partial charge is 0.373 e. The summed E-state index contributed by atoms with van der Waals surface area (Å²) in [7, 11) is -4.48. The van der Waals surface area contributed by atoms with Gasteiger partial charge in [-0.25, -0.2) is 22.3 Å². The van der Waals surface area contributed by atoms with Crippen LogP contribution in [0.3, 0.4) is 0 Å². The number of pyridine rings is 1. The maximum atomic E-state index is 12.5. The number of sulfonamides is 1. The predicted molar refractivity (Wildman–Crippen MR) is 51.9 cm³/mol. The molecule has 1 aromatic heterocycles. The molecule has 11 heteroatoms. The SMILES string of the molecule is N#Cc1nc([N+](=O)[O-])c(C(F)F)cc1S(N)(=O)=O.